The lowest BCUT2D eigenvalue weighted by Crippen LogP contribution is -2.31. The van der Waals surface area contributed by atoms with E-state index in [2.05, 4.69) is 4.98 Å². The van der Waals surface area contributed by atoms with E-state index >= 15 is 0 Å². The van der Waals surface area contributed by atoms with E-state index in [1.165, 1.54) is 30.6 Å². The van der Waals surface area contributed by atoms with Crippen LogP contribution in [0.4, 0.5) is 0 Å². The summed E-state index contributed by atoms with van der Waals surface area (Å²) in [4.78, 5) is 17.2. The zero-order valence-electron chi connectivity index (χ0n) is 12.3. The lowest BCUT2D eigenvalue weighted by atomic mass is 9.82. The molecule has 0 radical (unpaired) electrons. The Hall–Kier alpha value is -1.20. The molecule has 1 aliphatic heterocycles. The molecule has 2 aromatic heterocycles. The number of thiophene rings is 1. The van der Waals surface area contributed by atoms with Crippen LogP contribution < -0.4 is 5.56 Å². The fourth-order valence-electron chi connectivity index (χ4n) is 3.84. The van der Waals surface area contributed by atoms with Gasteiger partial charge in [-0.05, 0) is 37.1 Å². The molecule has 1 aliphatic carbocycles. The highest BCUT2D eigenvalue weighted by molar-refractivity contribution is 7.17. The number of nitrogens with zero attached hydrogens (tertiary/aromatic N) is 2. The standard InChI is InChI=1S/C16H20N2O2S/c1-11-9-21-14-13(11)17-10-18(15(14)19)12-7-16(20-8-12)5-3-2-4-6-16/h9-10,12H,2-8H2,1H3/t12-/m0/s1. The summed E-state index contributed by atoms with van der Waals surface area (Å²) in [6.07, 6.45) is 8.80. The predicted octanol–water partition coefficient (Wildman–Crippen LogP) is 3.43. The maximum absolute atomic E-state index is 12.7. The molecular weight excluding hydrogens is 284 g/mol. The molecule has 0 bridgehead atoms. The fraction of sp³-hybridized carbons (Fsp3) is 0.625. The van der Waals surface area contributed by atoms with Crippen LogP contribution >= 0.6 is 11.3 Å². The molecule has 4 rings (SSSR count). The molecule has 1 atom stereocenters. The first-order valence-electron chi connectivity index (χ1n) is 7.77. The van der Waals surface area contributed by atoms with Gasteiger partial charge in [-0.25, -0.2) is 4.98 Å². The van der Waals surface area contributed by atoms with Crippen molar-refractivity contribution in [3.8, 4) is 0 Å². The molecule has 2 aromatic rings. The van der Waals surface area contributed by atoms with Gasteiger partial charge in [0.15, 0.2) is 0 Å². The highest BCUT2D eigenvalue weighted by atomic mass is 32.1. The van der Waals surface area contributed by atoms with Gasteiger partial charge in [-0.3, -0.25) is 9.36 Å². The van der Waals surface area contributed by atoms with E-state index in [9.17, 15) is 4.79 Å². The lowest BCUT2D eigenvalue weighted by molar-refractivity contribution is -0.0248. The Bertz CT molecular complexity index is 727. The summed E-state index contributed by atoms with van der Waals surface area (Å²) >= 11 is 1.50. The summed E-state index contributed by atoms with van der Waals surface area (Å²) in [6, 6.07) is 0.148. The molecule has 21 heavy (non-hydrogen) atoms. The van der Waals surface area contributed by atoms with Crippen LogP contribution in [0, 0.1) is 6.92 Å². The number of ether oxygens (including phenoxy) is 1. The van der Waals surface area contributed by atoms with Crippen molar-refractivity contribution in [2.75, 3.05) is 6.61 Å². The minimum absolute atomic E-state index is 0.0304. The van der Waals surface area contributed by atoms with E-state index in [1.807, 2.05) is 16.9 Å². The van der Waals surface area contributed by atoms with Crippen LogP contribution in [0.25, 0.3) is 10.2 Å². The molecule has 0 N–H and O–H groups in total. The molecule has 1 saturated carbocycles. The SMILES string of the molecule is Cc1csc2c(=O)n([C@@H]3COC4(CCCCC4)C3)cnc12. The van der Waals surface area contributed by atoms with Crippen LogP contribution in [-0.2, 0) is 4.74 Å². The molecule has 1 spiro atoms. The Morgan fingerprint density at radius 1 is 1.38 bits per heavy atom. The highest BCUT2D eigenvalue weighted by Gasteiger charge is 2.42. The van der Waals surface area contributed by atoms with Crippen LogP contribution in [0.15, 0.2) is 16.5 Å². The first-order valence-corrected chi connectivity index (χ1v) is 8.65. The number of aryl methyl sites for hydroxylation is 1. The second kappa shape index (κ2) is 4.92. The van der Waals surface area contributed by atoms with Crippen LogP contribution in [0.3, 0.4) is 0 Å². The first kappa shape index (κ1) is 13.5. The van der Waals surface area contributed by atoms with Gasteiger partial charge in [0.1, 0.15) is 4.70 Å². The average molecular weight is 304 g/mol. The monoisotopic (exact) mass is 304 g/mol. The summed E-state index contributed by atoms with van der Waals surface area (Å²) in [5, 5.41) is 2.01. The number of hydrogen-bond donors (Lipinski definition) is 0. The van der Waals surface area contributed by atoms with Crippen molar-refractivity contribution in [2.24, 2.45) is 0 Å². The Morgan fingerprint density at radius 3 is 3.00 bits per heavy atom. The van der Waals surface area contributed by atoms with Crippen molar-refractivity contribution in [1.29, 1.82) is 0 Å². The number of rotatable bonds is 1. The van der Waals surface area contributed by atoms with Gasteiger partial charge in [-0.15, -0.1) is 11.3 Å². The Morgan fingerprint density at radius 2 is 2.19 bits per heavy atom. The minimum Gasteiger partial charge on any atom is -0.373 e. The number of hydrogen-bond acceptors (Lipinski definition) is 4. The van der Waals surface area contributed by atoms with E-state index in [0.29, 0.717) is 6.61 Å². The molecule has 5 heteroatoms. The van der Waals surface area contributed by atoms with Crippen molar-refractivity contribution in [3.05, 3.63) is 27.6 Å². The molecule has 3 heterocycles. The second-order valence-electron chi connectivity index (χ2n) is 6.47. The molecule has 0 unspecified atom stereocenters. The molecular formula is C16H20N2O2S. The Labute approximate surface area is 127 Å². The van der Waals surface area contributed by atoms with Gasteiger partial charge in [0.2, 0.25) is 0 Å². The third kappa shape index (κ3) is 2.14. The van der Waals surface area contributed by atoms with Crippen LogP contribution in [0.2, 0.25) is 0 Å². The van der Waals surface area contributed by atoms with Crippen molar-refractivity contribution < 1.29 is 4.74 Å². The van der Waals surface area contributed by atoms with Crippen molar-refractivity contribution in [1.82, 2.24) is 9.55 Å². The summed E-state index contributed by atoms with van der Waals surface area (Å²) < 4.78 is 8.72. The molecule has 0 aromatic carbocycles. The number of aromatic nitrogens is 2. The summed E-state index contributed by atoms with van der Waals surface area (Å²) in [5.41, 5.74) is 2.07. The average Bonchev–Trinajstić information content (AvgIpc) is 3.06. The highest BCUT2D eigenvalue weighted by Crippen LogP contribution is 2.43. The molecule has 1 saturated heterocycles. The summed E-state index contributed by atoms with van der Waals surface area (Å²) in [6.45, 7) is 2.66. The van der Waals surface area contributed by atoms with E-state index < -0.39 is 0 Å². The zero-order chi connectivity index (χ0) is 14.4. The zero-order valence-corrected chi connectivity index (χ0v) is 13.1. The Kier molecular flexibility index (Phi) is 3.15. The normalized spacial score (nSPS) is 24.9. The summed E-state index contributed by atoms with van der Waals surface area (Å²) in [7, 11) is 0. The lowest BCUT2D eigenvalue weighted by Gasteiger charge is -2.32. The van der Waals surface area contributed by atoms with Gasteiger partial charge in [0.25, 0.3) is 5.56 Å². The van der Waals surface area contributed by atoms with E-state index in [-0.39, 0.29) is 17.2 Å². The van der Waals surface area contributed by atoms with E-state index in [0.717, 1.165) is 35.0 Å². The number of fused-ring (bicyclic) bond motifs is 1. The molecule has 2 fully saturated rings. The first-order chi connectivity index (χ1) is 10.2. The van der Waals surface area contributed by atoms with E-state index in [1.54, 1.807) is 6.33 Å². The van der Waals surface area contributed by atoms with Crippen LogP contribution in [-0.4, -0.2) is 21.8 Å². The smallest absolute Gasteiger partial charge is 0.271 e. The topological polar surface area (TPSA) is 44.1 Å². The van der Waals surface area contributed by atoms with Gasteiger partial charge in [-0.2, -0.15) is 0 Å². The van der Waals surface area contributed by atoms with Crippen molar-refractivity contribution in [3.63, 3.8) is 0 Å². The molecule has 0 amide bonds. The predicted molar refractivity (Wildman–Crippen MR) is 84.0 cm³/mol. The molecule has 2 aliphatic rings. The molecule has 112 valence electrons. The van der Waals surface area contributed by atoms with Gasteiger partial charge < -0.3 is 4.74 Å². The maximum Gasteiger partial charge on any atom is 0.271 e. The van der Waals surface area contributed by atoms with Crippen molar-refractivity contribution in [2.45, 2.75) is 57.1 Å². The fourth-order valence-corrected chi connectivity index (χ4v) is 4.78. The second-order valence-corrected chi connectivity index (χ2v) is 7.35. The quantitative estimate of drug-likeness (QED) is 0.810. The van der Waals surface area contributed by atoms with Crippen LogP contribution in [0.1, 0.15) is 50.1 Å². The van der Waals surface area contributed by atoms with Gasteiger partial charge in [-0.1, -0.05) is 19.3 Å². The third-order valence-electron chi connectivity index (χ3n) is 5.03. The Balaban J connectivity index is 1.68. The minimum atomic E-state index is 0.0304. The van der Waals surface area contributed by atoms with E-state index in [4.69, 9.17) is 4.74 Å². The summed E-state index contributed by atoms with van der Waals surface area (Å²) in [5.74, 6) is 0. The van der Waals surface area contributed by atoms with Gasteiger partial charge >= 0.3 is 0 Å². The van der Waals surface area contributed by atoms with Gasteiger partial charge in [0, 0.05) is 0 Å². The maximum atomic E-state index is 12.7. The largest absolute Gasteiger partial charge is 0.373 e. The molecule has 4 nitrogen and oxygen atoms in total. The third-order valence-corrected chi connectivity index (χ3v) is 6.10. The van der Waals surface area contributed by atoms with Crippen molar-refractivity contribution >= 4 is 21.6 Å². The van der Waals surface area contributed by atoms with Gasteiger partial charge in [0.05, 0.1) is 30.1 Å². The van der Waals surface area contributed by atoms with Crippen LogP contribution in [0.5, 0.6) is 0 Å².